The Balaban J connectivity index is 1.82. The molecule has 0 heterocycles. The fraction of sp³-hybridized carbons (Fsp3) is 0. The maximum atomic E-state index is 12.3. The van der Waals surface area contributed by atoms with Gasteiger partial charge in [0.1, 0.15) is 5.75 Å². The molecule has 0 spiro atoms. The fourth-order valence-corrected chi connectivity index (χ4v) is 2.59. The highest BCUT2D eigenvalue weighted by Crippen LogP contribution is 2.28. The standard InChI is InChI=1S/C20H14Cl2N2O2/c21-15-6-9-19(25)14(10-15)12-23-16-7-8-17(22)18(11-16)24-20(26)13-4-2-1-3-5-13/h1-12,25H,(H,24,26). The molecule has 6 heteroatoms. The Morgan fingerprint density at radius 2 is 1.77 bits per heavy atom. The summed E-state index contributed by atoms with van der Waals surface area (Å²) in [5.74, 6) is -0.189. The van der Waals surface area contributed by atoms with Crippen molar-refractivity contribution in [2.24, 2.45) is 4.99 Å². The highest BCUT2D eigenvalue weighted by Gasteiger charge is 2.09. The molecule has 0 aromatic heterocycles. The molecule has 3 aromatic rings. The molecule has 2 N–H and O–H groups in total. The normalized spacial score (nSPS) is 10.8. The number of amides is 1. The van der Waals surface area contributed by atoms with E-state index in [0.717, 1.165) is 0 Å². The fourth-order valence-electron chi connectivity index (χ4n) is 2.25. The van der Waals surface area contributed by atoms with Crippen molar-refractivity contribution < 1.29 is 9.90 Å². The summed E-state index contributed by atoms with van der Waals surface area (Å²) in [6, 6.07) is 18.5. The second kappa shape index (κ2) is 8.04. The van der Waals surface area contributed by atoms with Crippen molar-refractivity contribution in [1.29, 1.82) is 0 Å². The molecule has 0 fully saturated rings. The number of hydrogen-bond donors (Lipinski definition) is 2. The first-order chi connectivity index (χ1) is 12.5. The van der Waals surface area contributed by atoms with E-state index in [9.17, 15) is 9.90 Å². The highest BCUT2D eigenvalue weighted by atomic mass is 35.5. The zero-order valence-corrected chi connectivity index (χ0v) is 15.0. The molecular weight excluding hydrogens is 371 g/mol. The van der Waals surface area contributed by atoms with Gasteiger partial charge in [0.05, 0.1) is 16.4 Å². The summed E-state index contributed by atoms with van der Waals surface area (Å²) in [4.78, 5) is 16.6. The Kier molecular flexibility index (Phi) is 5.56. The maximum Gasteiger partial charge on any atom is 0.255 e. The van der Waals surface area contributed by atoms with Crippen molar-refractivity contribution in [3.63, 3.8) is 0 Å². The maximum absolute atomic E-state index is 12.3. The van der Waals surface area contributed by atoms with Crippen LogP contribution in [0, 0.1) is 0 Å². The predicted molar refractivity (Wildman–Crippen MR) is 106 cm³/mol. The van der Waals surface area contributed by atoms with E-state index in [2.05, 4.69) is 10.3 Å². The third-order valence-corrected chi connectivity index (χ3v) is 4.14. The van der Waals surface area contributed by atoms with Crippen LogP contribution < -0.4 is 5.32 Å². The van der Waals surface area contributed by atoms with E-state index in [-0.39, 0.29) is 11.7 Å². The third kappa shape index (κ3) is 4.42. The molecule has 0 aliphatic heterocycles. The number of rotatable bonds is 4. The Morgan fingerprint density at radius 1 is 1.00 bits per heavy atom. The van der Waals surface area contributed by atoms with E-state index in [4.69, 9.17) is 23.2 Å². The number of phenolic OH excluding ortho intramolecular Hbond substituents is 1. The monoisotopic (exact) mass is 384 g/mol. The molecule has 1 amide bonds. The molecule has 4 nitrogen and oxygen atoms in total. The lowest BCUT2D eigenvalue weighted by Crippen LogP contribution is -2.11. The van der Waals surface area contributed by atoms with Crippen LogP contribution in [0.1, 0.15) is 15.9 Å². The molecule has 0 unspecified atom stereocenters. The summed E-state index contributed by atoms with van der Waals surface area (Å²) in [5, 5.41) is 13.5. The van der Waals surface area contributed by atoms with Gasteiger partial charge in [0, 0.05) is 22.4 Å². The van der Waals surface area contributed by atoms with Crippen LogP contribution in [-0.2, 0) is 0 Å². The van der Waals surface area contributed by atoms with Crippen molar-refractivity contribution >= 4 is 46.7 Å². The smallest absolute Gasteiger partial charge is 0.255 e. The lowest BCUT2D eigenvalue weighted by atomic mass is 10.2. The molecule has 0 aliphatic carbocycles. The number of nitrogens with one attached hydrogen (secondary N) is 1. The Bertz CT molecular complexity index is 973. The Morgan fingerprint density at radius 3 is 2.54 bits per heavy atom. The second-order valence-corrected chi connectivity index (χ2v) is 6.29. The number of halogens is 2. The van der Waals surface area contributed by atoms with E-state index in [0.29, 0.717) is 32.5 Å². The van der Waals surface area contributed by atoms with Gasteiger partial charge < -0.3 is 10.4 Å². The van der Waals surface area contributed by atoms with Crippen molar-refractivity contribution in [2.75, 3.05) is 5.32 Å². The van der Waals surface area contributed by atoms with Gasteiger partial charge >= 0.3 is 0 Å². The van der Waals surface area contributed by atoms with E-state index >= 15 is 0 Å². The minimum Gasteiger partial charge on any atom is -0.507 e. The lowest BCUT2D eigenvalue weighted by molar-refractivity contribution is 0.102. The minimum absolute atomic E-state index is 0.0738. The van der Waals surface area contributed by atoms with Crippen LogP contribution in [0.2, 0.25) is 10.0 Å². The summed E-state index contributed by atoms with van der Waals surface area (Å²) in [6.07, 6.45) is 1.49. The number of nitrogens with zero attached hydrogens (tertiary/aromatic N) is 1. The topological polar surface area (TPSA) is 61.7 Å². The van der Waals surface area contributed by atoms with Crippen molar-refractivity contribution in [3.8, 4) is 5.75 Å². The third-order valence-electron chi connectivity index (χ3n) is 3.58. The van der Waals surface area contributed by atoms with Gasteiger partial charge in [-0.3, -0.25) is 9.79 Å². The van der Waals surface area contributed by atoms with Crippen LogP contribution in [0.3, 0.4) is 0 Å². The molecule has 26 heavy (non-hydrogen) atoms. The van der Waals surface area contributed by atoms with Gasteiger partial charge in [-0.25, -0.2) is 0 Å². The van der Waals surface area contributed by atoms with Crippen LogP contribution in [0.4, 0.5) is 11.4 Å². The predicted octanol–water partition coefficient (Wildman–Crippen LogP) is 5.70. The molecule has 130 valence electrons. The second-order valence-electron chi connectivity index (χ2n) is 5.45. The van der Waals surface area contributed by atoms with Gasteiger partial charge in [-0.15, -0.1) is 0 Å². The molecule has 0 saturated heterocycles. The average Bonchev–Trinajstić information content (AvgIpc) is 2.65. The summed E-state index contributed by atoms with van der Waals surface area (Å²) in [6.45, 7) is 0. The number of phenols is 1. The Labute approximate surface area is 160 Å². The van der Waals surface area contributed by atoms with Gasteiger partial charge in [0.15, 0.2) is 0 Å². The zero-order valence-electron chi connectivity index (χ0n) is 13.5. The van der Waals surface area contributed by atoms with Crippen LogP contribution in [0.25, 0.3) is 0 Å². The van der Waals surface area contributed by atoms with Gasteiger partial charge in [-0.2, -0.15) is 0 Å². The number of benzene rings is 3. The van der Waals surface area contributed by atoms with Crippen molar-refractivity contribution in [3.05, 3.63) is 87.9 Å². The van der Waals surface area contributed by atoms with E-state index in [1.54, 1.807) is 54.6 Å². The summed E-state index contributed by atoms with van der Waals surface area (Å²) >= 11 is 12.1. The van der Waals surface area contributed by atoms with Gasteiger partial charge in [-0.05, 0) is 48.5 Å². The number of carbonyl (C=O) groups excluding carboxylic acids is 1. The van der Waals surface area contributed by atoms with Gasteiger partial charge in [0.2, 0.25) is 0 Å². The first kappa shape index (κ1) is 18.0. The van der Waals surface area contributed by atoms with Crippen LogP contribution in [-0.4, -0.2) is 17.2 Å². The number of carbonyl (C=O) groups is 1. The Hall–Kier alpha value is -2.82. The molecule has 3 rings (SSSR count). The number of aromatic hydroxyl groups is 1. The zero-order chi connectivity index (χ0) is 18.5. The van der Waals surface area contributed by atoms with E-state index in [1.807, 2.05) is 6.07 Å². The van der Waals surface area contributed by atoms with Gasteiger partial charge in [0.25, 0.3) is 5.91 Å². The molecule has 0 radical (unpaired) electrons. The quantitative estimate of drug-likeness (QED) is 0.566. The summed E-state index contributed by atoms with van der Waals surface area (Å²) < 4.78 is 0. The molecule has 0 atom stereocenters. The molecule has 0 bridgehead atoms. The van der Waals surface area contributed by atoms with E-state index < -0.39 is 0 Å². The largest absolute Gasteiger partial charge is 0.507 e. The van der Waals surface area contributed by atoms with Crippen molar-refractivity contribution in [2.45, 2.75) is 0 Å². The lowest BCUT2D eigenvalue weighted by Gasteiger charge is -2.08. The first-order valence-corrected chi connectivity index (χ1v) is 8.47. The van der Waals surface area contributed by atoms with Gasteiger partial charge in [-0.1, -0.05) is 41.4 Å². The minimum atomic E-state index is -0.263. The number of aliphatic imine (C=N–C) groups is 1. The SMILES string of the molecule is O=C(Nc1cc(N=Cc2cc(Cl)ccc2O)ccc1Cl)c1ccccc1. The number of anilines is 1. The average molecular weight is 385 g/mol. The summed E-state index contributed by atoms with van der Waals surface area (Å²) in [7, 11) is 0. The van der Waals surface area contributed by atoms with Crippen molar-refractivity contribution in [1.82, 2.24) is 0 Å². The van der Waals surface area contributed by atoms with Crippen LogP contribution >= 0.6 is 23.2 Å². The first-order valence-electron chi connectivity index (χ1n) is 7.71. The van der Waals surface area contributed by atoms with Crippen LogP contribution in [0.15, 0.2) is 71.7 Å². The molecular formula is C20H14Cl2N2O2. The molecule has 0 aliphatic rings. The molecule has 0 saturated carbocycles. The molecule has 3 aromatic carbocycles. The summed E-state index contributed by atoms with van der Waals surface area (Å²) in [5.41, 5.74) is 2.03. The van der Waals surface area contributed by atoms with Crippen LogP contribution in [0.5, 0.6) is 5.75 Å². The van der Waals surface area contributed by atoms with E-state index in [1.165, 1.54) is 12.3 Å². The highest BCUT2D eigenvalue weighted by molar-refractivity contribution is 6.34. The number of hydrogen-bond acceptors (Lipinski definition) is 3.